The number of alkyl halides is 1. The monoisotopic (exact) mass is 388 g/mol. The molecule has 76 valence electrons. The first kappa shape index (κ1) is 14.7. The van der Waals surface area contributed by atoms with Crippen LogP contribution in [-0.2, 0) is 26.5 Å². The molecule has 2 atom stereocenters. The molecule has 0 amide bonds. The van der Waals surface area contributed by atoms with Gasteiger partial charge >= 0.3 is 0 Å². The van der Waals surface area contributed by atoms with E-state index >= 15 is 0 Å². The molecule has 1 aromatic carbocycles. The molecule has 2 N–H and O–H groups in total. The van der Waals surface area contributed by atoms with Crippen LogP contribution in [0, 0.1) is 17.4 Å². The van der Waals surface area contributed by atoms with Crippen LogP contribution in [0.3, 0.4) is 0 Å². The zero-order chi connectivity index (χ0) is 9.47. The van der Waals surface area contributed by atoms with Crippen molar-refractivity contribution in [2.45, 2.75) is 17.2 Å². The molecule has 2 rings (SSSR count). The molecule has 0 aromatic heterocycles. The van der Waals surface area contributed by atoms with E-state index in [9.17, 15) is 0 Å². The van der Waals surface area contributed by atoms with Gasteiger partial charge in [0.15, 0.2) is 0 Å². The first-order chi connectivity index (χ1) is 6.19. The maximum Gasteiger partial charge on any atom is 0.0778 e. The van der Waals surface area contributed by atoms with Gasteiger partial charge in [0.25, 0.3) is 0 Å². The molecular formula is C10H8BClNOW-. The summed E-state index contributed by atoms with van der Waals surface area (Å²) >= 11 is 5.91. The maximum absolute atomic E-state index is 8.98. The Balaban J connectivity index is 0.000000980. The molecule has 0 bridgehead atoms. The van der Waals surface area contributed by atoms with E-state index in [1.807, 2.05) is 0 Å². The molecule has 2 unspecified atom stereocenters. The smallest absolute Gasteiger partial charge is 0.0778 e. The molecule has 2 nitrogen and oxygen atoms in total. The van der Waals surface area contributed by atoms with E-state index in [-0.39, 0.29) is 31.9 Å². The molecule has 0 heterocycles. The van der Waals surface area contributed by atoms with Crippen LogP contribution in [0.2, 0.25) is 0 Å². The van der Waals surface area contributed by atoms with Crippen molar-refractivity contribution in [3.8, 4) is 6.07 Å². The van der Waals surface area contributed by atoms with Gasteiger partial charge in [0.05, 0.1) is 24.7 Å². The van der Waals surface area contributed by atoms with Gasteiger partial charge in [-0.1, -0.05) is 0 Å². The van der Waals surface area contributed by atoms with Crippen LogP contribution in [0.1, 0.15) is 12.0 Å². The fourth-order valence-corrected chi connectivity index (χ4v) is 1.83. The Kier molecular flexibility index (Phi) is 5.07. The van der Waals surface area contributed by atoms with Crippen LogP contribution in [0.25, 0.3) is 0 Å². The molecule has 0 saturated heterocycles. The van der Waals surface area contributed by atoms with Crippen LogP contribution in [-0.4, -0.2) is 18.7 Å². The predicted octanol–water partition coefficient (Wildman–Crippen LogP) is 0.226. The zero-order valence-electron chi connectivity index (χ0n) is 7.83. The largest absolute Gasteiger partial charge is 0.412 e. The first-order valence-corrected chi connectivity index (χ1v) is 4.46. The second-order valence-electron chi connectivity index (χ2n) is 3.29. The Morgan fingerprint density at radius 1 is 1.67 bits per heavy atom. The molecule has 1 aliphatic carbocycles. The van der Waals surface area contributed by atoms with Gasteiger partial charge in [-0.2, -0.15) is 29.5 Å². The normalized spacial score (nSPS) is 26.8. The Morgan fingerprint density at radius 3 is 2.67 bits per heavy atom. The van der Waals surface area contributed by atoms with Gasteiger partial charge in [-0.3, -0.25) is 0 Å². The van der Waals surface area contributed by atoms with Gasteiger partial charge in [-0.25, -0.2) is 5.46 Å². The minimum absolute atomic E-state index is 0. The molecule has 2 radical (unpaired) electrons. The van der Waals surface area contributed by atoms with Crippen LogP contribution in [0.15, 0.2) is 18.2 Å². The second-order valence-corrected chi connectivity index (χ2v) is 3.82. The Bertz CT molecular complexity index is 395. The topological polar surface area (TPSA) is 55.3 Å². The third-order valence-electron chi connectivity index (χ3n) is 2.38. The molecule has 1 fully saturated rings. The number of benzene rings is 1. The molecule has 1 saturated carbocycles. The zero-order valence-corrected chi connectivity index (χ0v) is 11.5. The minimum atomic E-state index is -0.531. The van der Waals surface area contributed by atoms with Gasteiger partial charge in [-0.15, -0.1) is 17.2 Å². The molecule has 5 heteroatoms. The van der Waals surface area contributed by atoms with E-state index in [0.29, 0.717) is 11.9 Å². The van der Waals surface area contributed by atoms with E-state index in [2.05, 4.69) is 12.1 Å². The number of hydrogen-bond donors (Lipinski definition) is 0. The number of hydrogen-bond acceptors (Lipinski definition) is 1. The standard InChI is InChI=1S/C10H6BClN.H2O.W/c11-8-3-1-2-7(4-8)10(6-13)5-9(10)12;;/h1,3-4,9H,5H2;1H2;/q-1;;. The average Bonchev–Trinajstić information content (AvgIpc) is 2.78. The summed E-state index contributed by atoms with van der Waals surface area (Å²) in [5, 5.41) is 8.89. The Morgan fingerprint density at radius 2 is 2.27 bits per heavy atom. The quantitative estimate of drug-likeness (QED) is 0.386. The van der Waals surface area contributed by atoms with E-state index in [1.165, 1.54) is 0 Å². The predicted molar refractivity (Wildman–Crippen MR) is 55.8 cm³/mol. The molecular weight excluding hydrogens is 380 g/mol. The number of halogens is 1. The van der Waals surface area contributed by atoms with Gasteiger partial charge in [0.2, 0.25) is 0 Å². The van der Waals surface area contributed by atoms with E-state index < -0.39 is 5.41 Å². The van der Waals surface area contributed by atoms with Gasteiger partial charge < -0.3 is 5.48 Å². The van der Waals surface area contributed by atoms with E-state index in [1.54, 1.807) is 18.2 Å². The average molecular weight is 388 g/mol. The van der Waals surface area contributed by atoms with Crippen LogP contribution < -0.4 is 5.46 Å². The first-order valence-electron chi connectivity index (χ1n) is 4.02. The number of nitrogens with zero attached hydrogens (tertiary/aromatic N) is 1. The maximum atomic E-state index is 8.98. The van der Waals surface area contributed by atoms with Gasteiger partial charge in [0, 0.05) is 21.1 Å². The van der Waals surface area contributed by atoms with Crippen LogP contribution in [0.5, 0.6) is 0 Å². The molecule has 1 aromatic rings. The van der Waals surface area contributed by atoms with Crippen molar-refractivity contribution in [1.29, 1.82) is 5.26 Å². The summed E-state index contributed by atoms with van der Waals surface area (Å²) in [5.74, 6) is 0. The summed E-state index contributed by atoms with van der Waals surface area (Å²) in [5.41, 5.74) is 0.936. The summed E-state index contributed by atoms with van der Waals surface area (Å²) in [6.07, 6.45) is 0.699. The van der Waals surface area contributed by atoms with Gasteiger partial charge in [-0.05, 0) is 6.42 Å². The van der Waals surface area contributed by atoms with E-state index in [4.69, 9.17) is 24.7 Å². The number of rotatable bonds is 1. The molecule has 15 heavy (non-hydrogen) atoms. The minimum Gasteiger partial charge on any atom is -0.412 e. The van der Waals surface area contributed by atoms with Crippen molar-refractivity contribution in [2.24, 2.45) is 0 Å². The molecule has 1 aliphatic rings. The van der Waals surface area contributed by atoms with E-state index in [0.717, 1.165) is 5.56 Å². The van der Waals surface area contributed by atoms with Crippen molar-refractivity contribution in [2.75, 3.05) is 0 Å². The fourth-order valence-electron chi connectivity index (χ4n) is 1.42. The van der Waals surface area contributed by atoms with Crippen molar-refractivity contribution >= 4 is 24.9 Å². The SMILES string of the molecule is O.[B]c1cc[c-]c(C2(C#N)CC2Cl)c1.[W]. The molecule has 0 spiro atoms. The Hall–Kier alpha value is -0.287. The van der Waals surface area contributed by atoms with Crippen molar-refractivity contribution in [3.63, 3.8) is 0 Å². The van der Waals surface area contributed by atoms with Crippen molar-refractivity contribution in [1.82, 2.24) is 0 Å². The fraction of sp³-hybridized carbons (Fsp3) is 0.300. The van der Waals surface area contributed by atoms with Crippen LogP contribution >= 0.6 is 11.6 Å². The number of nitriles is 1. The second kappa shape index (κ2) is 5.17. The summed E-state index contributed by atoms with van der Waals surface area (Å²) < 4.78 is 0. The summed E-state index contributed by atoms with van der Waals surface area (Å²) in [4.78, 5) is 0. The third kappa shape index (κ3) is 2.45. The Labute approximate surface area is 110 Å². The third-order valence-corrected chi connectivity index (χ3v) is 2.91. The summed E-state index contributed by atoms with van der Waals surface area (Å²) in [6, 6.07) is 10.5. The van der Waals surface area contributed by atoms with Crippen LogP contribution in [0.4, 0.5) is 0 Å². The van der Waals surface area contributed by atoms with Crippen molar-refractivity contribution in [3.05, 3.63) is 29.8 Å². The molecule has 0 aliphatic heterocycles. The van der Waals surface area contributed by atoms with Gasteiger partial charge in [0.1, 0.15) is 0 Å². The van der Waals surface area contributed by atoms with Crippen molar-refractivity contribution < 1.29 is 26.5 Å². The summed E-state index contributed by atoms with van der Waals surface area (Å²) in [6.45, 7) is 0. The summed E-state index contributed by atoms with van der Waals surface area (Å²) in [7, 11) is 5.61.